The van der Waals surface area contributed by atoms with Gasteiger partial charge in [0.25, 0.3) is 5.91 Å². The van der Waals surface area contributed by atoms with Crippen LogP contribution in [0.2, 0.25) is 0 Å². The maximum atomic E-state index is 12.2. The molecule has 1 N–H and O–H groups in total. The van der Waals surface area contributed by atoms with Crippen molar-refractivity contribution in [3.8, 4) is 5.75 Å². The molecule has 0 aliphatic rings. The number of carbonyl (C=O) groups is 1. The molecule has 2 aromatic heterocycles. The Labute approximate surface area is 150 Å². The van der Waals surface area contributed by atoms with Gasteiger partial charge in [-0.25, -0.2) is 9.97 Å². The van der Waals surface area contributed by atoms with Crippen molar-refractivity contribution in [3.05, 3.63) is 64.6 Å². The molecule has 7 heteroatoms. The van der Waals surface area contributed by atoms with Gasteiger partial charge in [-0.15, -0.1) is 11.3 Å². The number of hydrogen-bond donors (Lipinski definition) is 1. The van der Waals surface area contributed by atoms with Crippen molar-refractivity contribution in [2.24, 2.45) is 0 Å². The summed E-state index contributed by atoms with van der Waals surface area (Å²) in [5.74, 6) is 0.567. The molecule has 2 heterocycles. The van der Waals surface area contributed by atoms with Crippen LogP contribution in [0.5, 0.6) is 5.75 Å². The molecular weight excluding hydrogens is 336 g/mol. The van der Waals surface area contributed by atoms with Crippen LogP contribution < -0.4 is 10.1 Å². The number of imidazole rings is 1. The Morgan fingerprint density at radius 1 is 1.40 bits per heavy atom. The van der Waals surface area contributed by atoms with Gasteiger partial charge in [-0.2, -0.15) is 0 Å². The van der Waals surface area contributed by atoms with E-state index in [1.807, 2.05) is 35.2 Å². The van der Waals surface area contributed by atoms with Gasteiger partial charge in [-0.3, -0.25) is 4.79 Å². The van der Waals surface area contributed by atoms with Gasteiger partial charge in [0.15, 0.2) is 0 Å². The van der Waals surface area contributed by atoms with Crippen molar-refractivity contribution < 1.29 is 9.53 Å². The van der Waals surface area contributed by atoms with E-state index in [0.717, 1.165) is 23.7 Å². The number of aromatic nitrogens is 3. The largest absolute Gasteiger partial charge is 0.487 e. The molecule has 1 amide bonds. The van der Waals surface area contributed by atoms with E-state index < -0.39 is 0 Å². The number of thiazole rings is 1. The minimum absolute atomic E-state index is 0.0967. The highest BCUT2D eigenvalue weighted by Gasteiger charge is 2.07. The summed E-state index contributed by atoms with van der Waals surface area (Å²) in [6, 6.07) is 7.20. The Balaban J connectivity index is 1.47. The molecule has 0 spiro atoms. The Kier molecular flexibility index (Phi) is 5.79. The SMILES string of the molecule is Cc1nc(COc2cccc(C(=O)NCCCn3ccnc3)c2)cs1. The Hall–Kier alpha value is -2.67. The van der Waals surface area contributed by atoms with E-state index in [4.69, 9.17) is 4.74 Å². The molecular formula is C18H20N4O2S. The molecule has 0 atom stereocenters. The second kappa shape index (κ2) is 8.43. The van der Waals surface area contributed by atoms with Gasteiger partial charge < -0.3 is 14.6 Å². The van der Waals surface area contributed by atoms with E-state index in [1.165, 1.54) is 0 Å². The molecule has 0 saturated carbocycles. The summed E-state index contributed by atoms with van der Waals surface area (Å²) < 4.78 is 7.71. The Morgan fingerprint density at radius 2 is 2.32 bits per heavy atom. The normalized spacial score (nSPS) is 10.6. The highest BCUT2D eigenvalue weighted by Crippen LogP contribution is 2.16. The van der Waals surface area contributed by atoms with Gasteiger partial charge in [-0.05, 0) is 31.5 Å². The zero-order valence-electron chi connectivity index (χ0n) is 14.0. The first-order valence-electron chi connectivity index (χ1n) is 8.08. The van der Waals surface area contributed by atoms with Crippen LogP contribution in [-0.4, -0.2) is 27.0 Å². The van der Waals surface area contributed by atoms with Gasteiger partial charge in [-0.1, -0.05) is 6.07 Å². The van der Waals surface area contributed by atoms with Gasteiger partial charge in [0.1, 0.15) is 12.4 Å². The lowest BCUT2D eigenvalue weighted by Crippen LogP contribution is -2.25. The molecule has 0 radical (unpaired) electrons. The number of ether oxygens (including phenoxy) is 1. The number of nitrogens with one attached hydrogen (secondary N) is 1. The fraction of sp³-hybridized carbons (Fsp3) is 0.278. The lowest BCUT2D eigenvalue weighted by Gasteiger charge is -2.08. The van der Waals surface area contributed by atoms with E-state index >= 15 is 0 Å². The van der Waals surface area contributed by atoms with Crippen molar-refractivity contribution in [2.45, 2.75) is 26.5 Å². The summed E-state index contributed by atoms with van der Waals surface area (Å²) in [5, 5.41) is 5.92. The first-order chi connectivity index (χ1) is 12.2. The summed E-state index contributed by atoms with van der Waals surface area (Å²) in [4.78, 5) is 20.6. The van der Waals surface area contributed by atoms with Crippen LogP contribution in [0.15, 0.2) is 48.4 Å². The van der Waals surface area contributed by atoms with Crippen molar-refractivity contribution in [1.82, 2.24) is 19.9 Å². The molecule has 1 aromatic carbocycles. The standard InChI is InChI=1S/C18H20N4O2S/c1-14-21-16(12-25-14)11-24-17-5-2-4-15(10-17)18(23)20-6-3-8-22-9-7-19-13-22/h2,4-5,7,9-10,12-13H,3,6,8,11H2,1H3,(H,20,23). The predicted molar refractivity (Wildman–Crippen MR) is 96.8 cm³/mol. The molecule has 25 heavy (non-hydrogen) atoms. The van der Waals surface area contributed by atoms with Crippen molar-refractivity contribution in [1.29, 1.82) is 0 Å². The number of carbonyl (C=O) groups excluding carboxylic acids is 1. The zero-order chi connectivity index (χ0) is 17.5. The molecule has 3 aromatic rings. The lowest BCUT2D eigenvalue weighted by atomic mass is 10.2. The number of benzene rings is 1. The van der Waals surface area contributed by atoms with Crippen molar-refractivity contribution in [2.75, 3.05) is 6.54 Å². The molecule has 0 fully saturated rings. The average Bonchev–Trinajstić information content (AvgIpc) is 3.28. The third-order valence-corrected chi connectivity index (χ3v) is 4.41. The molecule has 0 aliphatic carbocycles. The van der Waals surface area contributed by atoms with E-state index in [1.54, 1.807) is 36.0 Å². The minimum atomic E-state index is -0.0967. The highest BCUT2D eigenvalue weighted by molar-refractivity contribution is 7.09. The Bertz CT molecular complexity index is 814. The van der Waals surface area contributed by atoms with Crippen LogP contribution in [0, 0.1) is 6.92 Å². The van der Waals surface area contributed by atoms with Crippen LogP contribution in [0.4, 0.5) is 0 Å². The number of aryl methyl sites for hydroxylation is 2. The van der Waals surface area contributed by atoms with Crippen molar-refractivity contribution in [3.63, 3.8) is 0 Å². The van der Waals surface area contributed by atoms with E-state index in [0.29, 0.717) is 24.5 Å². The minimum Gasteiger partial charge on any atom is -0.487 e. The van der Waals surface area contributed by atoms with Crippen LogP contribution >= 0.6 is 11.3 Å². The summed E-state index contributed by atoms with van der Waals surface area (Å²) in [6.07, 6.45) is 6.28. The quantitative estimate of drug-likeness (QED) is 0.630. The zero-order valence-corrected chi connectivity index (χ0v) is 14.8. The van der Waals surface area contributed by atoms with Gasteiger partial charge in [0.05, 0.1) is 17.0 Å². The van der Waals surface area contributed by atoms with E-state index in [-0.39, 0.29) is 5.91 Å². The van der Waals surface area contributed by atoms with Gasteiger partial charge in [0, 0.05) is 36.4 Å². The number of hydrogen-bond acceptors (Lipinski definition) is 5. The second-order valence-electron chi connectivity index (χ2n) is 5.58. The second-order valence-corrected chi connectivity index (χ2v) is 6.65. The first kappa shape index (κ1) is 17.2. The van der Waals surface area contributed by atoms with Crippen LogP contribution in [0.1, 0.15) is 27.5 Å². The number of amides is 1. The molecule has 0 bridgehead atoms. The average molecular weight is 356 g/mol. The maximum Gasteiger partial charge on any atom is 0.251 e. The smallest absolute Gasteiger partial charge is 0.251 e. The van der Waals surface area contributed by atoms with E-state index in [2.05, 4.69) is 15.3 Å². The van der Waals surface area contributed by atoms with Crippen LogP contribution in [0.25, 0.3) is 0 Å². The number of rotatable bonds is 8. The summed E-state index contributed by atoms with van der Waals surface area (Å²) in [5.41, 5.74) is 1.49. The predicted octanol–water partition coefficient (Wildman–Crippen LogP) is 3.05. The fourth-order valence-electron chi connectivity index (χ4n) is 2.34. The lowest BCUT2D eigenvalue weighted by molar-refractivity contribution is 0.0952. The molecule has 6 nitrogen and oxygen atoms in total. The molecule has 130 valence electrons. The van der Waals surface area contributed by atoms with E-state index in [9.17, 15) is 4.79 Å². The topological polar surface area (TPSA) is 69.0 Å². The third-order valence-electron chi connectivity index (χ3n) is 3.59. The molecule has 0 saturated heterocycles. The summed E-state index contributed by atoms with van der Waals surface area (Å²) in [7, 11) is 0. The maximum absolute atomic E-state index is 12.2. The number of nitrogens with zero attached hydrogens (tertiary/aromatic N) is 3. The first-order valence-corrected chi connectivity index (χ1v) is 8.96. The molecule has 3 rings (SSSR count). The van der Waals surface area contributed by atoms with Crippen LogP contribution in [0.3, 0.4) is 0 Å². The van der Waals surface area contributed by atoms with Crippen LogP contribution in [-0.2, 0) is 13.2 Å². The summed E-state index contributed by atoms with van der Waals surface area (Å²) >= 11 is 1.60. The van der Waals surface area contributed by atoms with Crippen molar-refractivity contribution >= 4 is 17.2 Å². The van der Waals surface area contributed by atoms with Gasteiger partial charge >= 0.3 is 0 Å². The fourth-order valence-corrected chi connectivity index (χ4v) is 2.94. The summed E-state index contributed by atoms with van der Waals surface area (Å²) in [6.45, 7) is 3.81. The highest BCUT2D eigenvalue weighted by atomic mass is 32.1. The monoisotopic (exact) mass is 356 g/mol. The van der Waals surface area contributed by atoms with Gasteiger partial charge in [0.2, 0.25) is 0 Å². The Morgan fingerprint density at radius 3 is 3.08 bits per heavy atom. The third kappa shape index (κ3) is 5.15. The molecule has 0 unspecified atom stereocenters. The molecule has 0 aliphatic heterocycles.